The van der Waals surface area contributed by atoms with Crippen molar-refractivity contribution in [3.05, 3.63) is 65.7 Å². The molecule has 0 bridgehead atoms. The summed E-state index contributed by atoms with van der Waals surface area (Å²) < 4.78 is 5.33. The number of benzene rings is 2. The lowest BCUT2D eigenvalue weighted by atomic mass is 9.86. The van der Waals surface area contributed by atoms with Crippen LogP contribution >= 0.6 is 0 Å². The monoisotopic (exact) mass is 309 g/mol. The second-order valence-corrected chi connectivity index (χ2v) is 7.04. The molecule has 23 heavy (non-hydrogen) atoms. The zero-order chi connectivity index (χ0) is 16.4. The van der Waals surface area contributed by atoms with Crippen molar-refractivity contribution in [3.8, 4) is 0 Å². The van der Waals surface area contributed by atoms with Crippen molar-refractivity contribution in [2.75, 3.05) is 18.1 Å². The number of carbonyl (C=O) groups excluding carboxylic acids is 1. The van der Waals surface area contributed by atoms with Crippen LogP contribution in [0.2, 0.25) is 0 Å². The number of ether oxygens (including phenoxy) is 1. The van der Waals surface area contributed by atoms with E-state index < -0.39 is 0 Å². The molecule has 1 saturated heterocycles. The number of epoxide rings is 1. The van der Waals surface area contributed by atoms with Gasteiger partial charge in [0.05, 0.1) is 19.3 Å². The molecule has 2 aromatic carbocycles. The van der Waals surface area contributed by atoms with Crippen LogP contribution in [-0.2, 0) is 10.2 Å². The largest absolute Gasteiger partial charge is 0.371 e. The molecule has 1 fully saturated rings. The van der Waals surface area contributed by atoms with Gasteiger partial charge in [0.25, 0.3) is 5.91 Å². The first kappa shape index (κ1) is 15.8. The first-order valence-corrected chi connectivity index (χ1v) is 8.04. The number of hydrogen-bond acceptors (Lipinski definition) is 2. The Bertz CT molecular complexity index is 684. The van der Waals surface area contributed by atoms with Gasteiger partial charge in [0.1, 0.15) is 0 Å². The Balaban J connectivity index is 1.92. The summed E-state index contributed by atoms with van der Waals surface area (Å²) in [4.78, 5) is 14.9. The summed E-state index contributed by atoms with van der Waals surface area (Å²) in [7, 11) is 0. The fourth-order valence-corrected chi connectivity index (χ4v) is 2.57. The second-order valence-electron chi connectivity index (χ2n) is 7.04. The van der Waals surface area contributed by atoms with Crippen LogP contribution < -0.4 is 4.90 Å². The molecule has 0 aliphatic carbocycles. The average molecular weight is 309 g/mol. The van der Waals surface area contributed by atoms with Crippen LogP contribution in [-0.4, -0.2) is 25.2 Å². The first-order valence-electron chi connectivity index (χ1n) is 8.04. The molecule has 0 saturated carbocycles. The number of hydrogen-bond donors (Lipinski definition) is 0. The van der Waals surface area contributed by atoms with E-state index in [4.69, 9.17) is 4.74 Å². The smallest absolute Gasteiger partial charge is 0.258 e. The standard InChI is InChI=1S/C20H23NO2/c1-20(2,3)16-9-7-8-15(12-16)19(22)21(13-18-14-23-18)17-10-5-4-6-11-17/h4-12,18H,13-14H2,1-3H3. The van der Waals surface area contributed by atoms with Gasteiger partial charge >= 0.3 is 0 Å². The van der Waals surface area contributed by atoms with Gasteiger partial charge in [-0.1, -0.05) is 51.1 Å². The molecule has 3 rings (SSSR count). The van der Waals surface area contributed by atoms with Gasteiger partial charge in [0.2, 0.25) is 0 Å². The maximum atomic E-state index is 13.1. The molecule has 1 aliphatic rings. The third kappa shape index (κ3) is 3.80. The lowest BCUT2D eigenvalue weighted by Gasteiger charge is -2.24. The minimum absolute atomic E-state index is 0.0213. The number of amides is 1. The van der Waals surface area contributed by atoms with Gasteiger partial charge in [-0.25, -0.2) is 0 Å². The molecule has 0 aromatic heterocycles. The molecular formula is C20H23NO2. The molecule has 2 aromatic rings. The van der Waals surface area contributed by atoms with E-state index in [0.29, 0.717) is 6.54 Å². The summed E-state index contributed by atoms with van der Waals surface area (Å²) in [6, 6.07) is 17.7. The first-order chi connectivity index (χ1) is 10.9. The minimum atomic E-state index is 0.0213. The summed E-state index contributed by atoms with van der Waals surface area (Å²) >= 11 is 0. The highest BCUT2D eigenvalue weighted by molar-refractivity contribution is 6.06. The van der Waals surface area contributed by atoms with Crippen LogP contribution in [0, 0.1) is 0 Å². The lowest BCUT2D eigenvalue weighted by Crippen LogP contribution is -2.34. The summed E-state index contributed by atoms with van der Waals surface area (Å²) in [6.45, 7) is 7.80. The number of anilines is 1. The molecular weight excluding hydrogens is 286 g/mol. The van der Waals surface area contributed by atoms with Crippen LogP contribution in [0.3, 0.4) is 0 Å². The van der Waals surface area contributed by atoms with Gasteiger partial charge in [0.15, 0.2) is 0 Å². The Morgan fingerprint density at radius 3 is 2.43 bits per heavy atom. The van der Waals surface area contributed by atoms with Crippen molar-refractivity contribution in [2.24, 2.45) is 0 Å². The van der Waals surface area contributed by atoms with Gasteiger partial charge in [-0.05, 0) is 35.2 Å². The highest BCUT2D eigenvalue weighted by Gasteiger charge is 2.29. The molecule has 1 unspecified atom stereocenters. The highest BCUT2D eigenvalue weighted by Crippen LogP contribution is 2.25. The maximum absolute atomic E-state index is 13.1. The topological polar surface area (TPSA) is 32.8 Å². The van der Waals surface area contributed by atoms with E-state index >= 15 is 0 Å². The van der Waals surface area contributed by atoms with E-state index in [1.54, 1.807) is 0 Å². The van der Waals surface area contributed by atoms with E-state index in [2.05, 4.69) is 26.8 Å². The van der Waals surface area contributed by atoms with Crippen molar-refractivity contribution in [1.29, 1.82) is 0 Å². The second kappa shape index (κ2) is 6.17. The Kier molecular flexibility index (Phi) is 4.22. The third-order valence-corrected chi connectivity index (χ3v) is 4.08. The van der Waals surface area contributed by atoms with Crippen molar-refractivity contribution in [2.45, 2.75) is 32.3 Å². The zero-order valence-corrected chi connectivity index (χ0v) is 14.0. The normalized spacial score (nSPS) is 16.9. The summed E-state index contributed by atoms with van der Waals surface area (Å²) in [5, 5.41) is 0. The van der Waals surface area contributed by atoms with E-state index in [9.17, 15) is 4.79 Å². The SMILES string of the molecule is CC(C)(C)c1cccc(C(=O)N(CC2CO2)c2ccccc2)c1. The molecule has 0 radical (unpaired) electrons. The van der Waals surface area contributed by atoms with Crippen molar-refractivity contribution in [1.82, 2.24) is 0 Å². The van der Waals surface area contributed by atoms with E-state index in [1.807, 2.05) is 53.4 Å². The van der Waals surface area contributed by atoms with Crippen LogP contribution in [0.25, 0.3) is 0 Å². The molecule has 1 heterocycles. The highest BCUT2D eigenvalue weighted by atomic mass is 16.6. The van der Waals surface area contributed by atoms with E-state index in [1.165, 1.54) is 5.56 Å². The van der Waals surface area contributed by atoms with Crippen molar-refractivity contribution < 1.29 is 9.53 Å². The fraction of sp³-hybridized carbons (Fsp3) is 0.350. The molecule has 0 N–H and O–H groups in total. The Labute approximate surface area is 137 Å². The summed E-state index contributed by atoms with van der Waals surface area (Å²) in [5.74, 6) is 0.0257. The van der Waals surface area contributed by atoms with Crippen molar-refractivity contribution >= 4 is 11.6 Å². The molecule has 1 aliphatic heterocycles. The Morgan fingerprint density at radius 2 is 1.83 bits per heavy atom. The van der Waals surface area contributed by atoms with Gasteiger partial charge < -0.3 is 9.64 Å². The van der Waals surface area contributed by atoms with E-state index in [0.717, 1.165) is 17.9 Å². The van der Waals surface area contributed by atoms with Crippen LogP contribution in [0.4, 0.5) is 5.69 Å². The predicted octanol–water partition coefficient (Wildman–Crippen LogP) is 4.03. The zero-order valence-electron chi connectivity index (χ0n) is 14.0. The molecule has 0 spiro atoms. The van der Waals surface area contributed by atoms with Gasteiger partial charge in [0, 0.05) is 11.3 Å². The van der Waals surface area contributed by atoms with Crippen LogP contribution in [0.1, 0.15) is 36.7 Å². The molecule has 120 valence electrons. The molecule has 3 heteroatoms. The maximum Gasteiger partial charge on any atom is 0.258 e. The van der Waals surface area contributed by atoms with Gasteiger partial charge in [-0.15, -0.1) is 0 Å². The number of para-hydroxylation sites is 1. The summed E-state index contributed by atoms with van der Waals surface area (Å²) in [6.07, 6.45) is 0.157. The lowest BCUT2D eigenvalue weighted by molar-refractivity contribution is 0.0984. The van der Waals surface area contributed by atoms with Gasteiger partial charge in [-0.3, -0.25) is 4.79 Å². The van der Waals surface area contributed by atoms with Crippen molar-refractivity contribution in [3.63, 3.8) is 0 Å². The number of carbonyl (C=O) groups is 1. The fourth-order valence-electron chi connectivity index (χ4n) is 2.57. The van der Waals surface area contributed by atoms with Crippen LogP contribution in [0.5, 0.6) is 0 Å². The quantitative estimate of drug-likeness (QED) is 0.799. The average Bonchev–Trinajstić information content (AvgIpc) is 3.36. The van der Waals surface area contributed by atoms with E-state index in [-0.39, 0.29) is 17.4 Å². The number of rotatable bonds is 4. The minimum Gasteiger partial charge on any atom is -0.371 e. The Hall–Kier alpha value is -2.13. The summed E-state index contributed by atoms with van der Waals surface area (Å²) in [5.41, 5.74) is 2.82. The third-order valence-electron chi connectivity index (χ3n) is 4.08. The molecule has 1 atom stereocenters. The molecule has 1 amide bonds. The number of nitrogens with zero attached hydrogens (tertiary/aromatic N) is 1. The molecule has 3 nitrogen and oxygen atoms in total. The van der Waals surface area contributed by atoms with Crippen LogP contribution in [0.15, 0.2) is 54.6 Å². The Morgan fingerprint density at radius 1 is 1.13 bits per heavy atom. The predicted molar refractivity (Wildman–Crippen MR) is 93.0 cm³/mol. The van der Waals surface area contributed by atoms with Gasteiger partial charge in [-0.2, -0.15) is 0 Å².